The second-order valence-electron chi connectivity index (χ2n) is 7.70. The van der Waals surface area contributed by atoms with Gasteiger partial charge in [0.15, 0.2) is 5.03 Å². The van der Waals surface area contributed by atoms with Gasteiger partial charge in [0.1, 0.15) is 0 Å². The summed E-state index contributed by atoms with van der Waals surface area (Å²) < 4.78 is 65.8. The highest BCUT2D eigenvalue weighted by molar-refractivity contribution is 7.90. The van der Waals surface area contributed by atoms with Gasteiger partial charge >= 0.3 is 6.18 Å². The van der Waals surface area contributed by atoms with Crippen molar-refractivity contribution in [2.45, 2.75) is 23.5 Å². The Morgan fingerprint density at radius 1 is 0.882 bits per heavy atom. The van der Waals surface area contributed by atoms with Gasteiger partial charge in [-0.15, -0.1) is 0 Å². The largest absolute Gasteiger partial charge is 0.417 e. The van der Waals surface area contributed by atoms with Gasteiger partial charge in [0.25, 0.3) is 10.0 Å². The lowest BCUT2D eigenvalue weighted by molar-refractivity contribution is -0.137. The summed E-state index contributed by atoms with van der Waals surface area (Å²) in [6, 6.07) is 23.4. The summed E-state index contributed by atoms with van der Waals surface area (Å²) in [5.74, 6) is -1.67. The molecule has 5 nitrogen and oxygen atoms in total. The molecule has 1 aromatic heterocycles. The van der Waals surface area contributed by atoms with Gasteiger partial charge in [-0.1, -0.05) is 72.8 Å². The number of fused-ring (bicyclic) bond motifs is 1. The molecule has 0 spiro atoms. The summed E-state index contributed by atoms with van der Waals surface area (Å²) in [4.78, 5) is 16.6. The first kappa shape index (κ1) is 23.4. The van der Waals surface area contributed by atoms with E-state index in [1.807, 2.05) is 71.5 Å². The van der Waals surface area contributed by atoms with Crippen molar-refractivity contribution in [3.8, 4) is 0 Å². The molecule has 0 bridgehead atoms. The van der Waals surface area contributed by atoms with Crippen molar-refractivity contribution in [3.05, 3.63) is 108 Å². The van der Waals surface area contributed by atoms with Crippen LogP contribution in [0.2, 0.25) is 0 Å². The zero-order valence-corrected chi connectivity index (χ0v) is 18.5. The minimum atomic E-state index is -4.66. The molecule has 1 unspecified atom stereocenters. The predicted octanol–water partition coefficient (Wildman–Crippen LogP) is 5.09. The number of amides is 1. The topological polar surface area (TPSA) is 76.1 Å². The van der Waals surface area contributed by atoms with Crippen molar-refractivity contribution >= 4 is 26.7 Å². The molecule has 1 amide bonds. The summed E-state index contributed by atoms with van der Waals surface area (Å²) in [6.45, 7) is 0. The SMILES string of the molecule is O=C(NS(=O)(=O)c1ccc(C(F)(F)F)cn1)C(Cc1ccccc1)c1ccc2ccccc2c1. The van der Waals surface area contributed by atoms with Crippen LogP contribution in [0.1, 0.15) is 22.6 Å². The molecule has 0 saturated carbocycles. The molecular weight excluding hydrogens is 465 g/mol. The van der Waals surface area contributed by atoms with Crippen LogP contribution in [-0.2, 0) is 27.4 Å². The molecule has 4 aromatic rings. The number of carbonyl (C=O) groups is 1. The number of pyridine rings is 1. The third kappa shape index (κ3) is 5.26. The van der Waals surface area contributed by atoms with Gasteiger partial charge in [-0.25, -0.2) is 9.71 Å². The van der Waals surface area contributed by atoms with Crippen LogP contribution in [-0.4, -0.2) is 19.3 Å². The van der Waals surface area contributed by atoms with E-state index in [9.17, 15) is 26.4 Å². The van der Waals surface area contributed by atoms with E-state index in [0.717, 1.165) is 22.4 Å². The molecule has 1 atom stereocenters. The van der Waals surface area contributed by atoms with Gasteiger partial charge < -0.3 is 0 Å². The molecule has 4 rings (SSSR count). The number of hydrogen-bond donors (Lipinski definition) is 1. The first-order valence-corrected chi connectivity index (χ1v) is 11.7. The average molecular weight is 484 g/mol. The van der Waals surface area contributed by atoms with E-state index in [1.54, 1.807) is 6.07 Å². The van der Waals surface area contributed by atoms with Gasteiger partial charge in [-0.05, 0) is 40.5 Å². The molecule has 0 aliphatic rings. The smallest absolute Gasteiger partial charge is 0.273 e. The van der Waals surface area contributed by atoms with Crippen molar-refractivity contribution in [3.63, 3.8) is 0 Å². The van der Waals surface area contributed by atoms with Gasteiger partial charge in [0.2, 0.25) is 5.91 Å². The van der Waals surface area contributed by atoms with Crippen LogP contribution in [0, 0.1) is 0 Å². The summed E-state index contributed by atoms with van der Waals surface area (Å²) in [5.41, 5.74) is 0.340. The molecule has 34 heavy (non-hydrogen) atoms. The quantitative estimate of drug-likeness (QED) is 0.414. The molecule has 174 valence electrons. The highest BCUT2D eigenvalue weighted by Crippen LogP contribution is 2.29. The zero-order chi connectivity index (χ0) is 24.3. The Hall–Kier alpha value is -3.72. The predicted molar refractivity (Wildman–Crippen MR) is 121 cm³/mol. The van der Waals surface area contributed by atoms with E-state index in [0.29, 0.717) is 17.8 Å². The van der Waals surface area contributed by atoms with Crippen LogP contribution in [0.15, 0.2) is 96.2 Å². The van der Waals surface area contributed by atoms with Crippen molar-refractivity contribution in [1.82, 2.24) is 9.71 Å². The van der Waals surface area contributed by atoms with Crippen LogP contribution >= 0.6 is 0 Å². The van der Waals surface area contributed by atoms with Crippen LogP contribution in [0.3, 0.4) is 0 Å². The lowest BCUT2D eigenvalue weighted by Gasteiger charge is -2.18. The van der Waals surface area contributed by atoms with Crippen molar-refractivity contribution in [2.24, 2.45) is 0 Å². The third-order valence-corrected chi connectivity index (χ3v) is 6.61. The Bertz CT molecular complexity index is 1420. The zero-order valence-electron chi connectivity index (χ0n) is 17.7. The van der Waals surface area contributed by atoms with Crippen LogP contribution in [0.5, 0.6) is 0 Å². The maximum Gasteiger partial charge on any atom is 0.417 e. The number of sulfonamides is 1. The second kappa shape index (κ2) is 9.26. The van der Waals surface area contributed by atoms with E-state index in [4.69, 9.17) is 0 Å². The fraction of sp³-hybridized carbons (Fsp3) is 0.120. The summed E-state index contributed by atoms with van der Waals surface area (Å²) in [5, 5.41) is 1.18. The molecule has 1 heterocycles. The fourth-order valence-corrected chi connectivity index (χ4v) is 4.55. The van der Waals surface area contributed by atoms with E-state index in [1.165, 1.54) is 0 Å². The third-order valence-electron chi connectivity index (χ3n) is 5.35. The number of rotatable bonds is 6. The maximum atomic E-state index is 13.2. The Balaban J connectivity index is 1.65. The molecule has 0 aliphatic carbocycles. The standard InChI is InChI=1S/C25H19F3N2O3S/c26-25(27,28)21-12-13-23(29-16-21)34(32,33)30-24(31)22(14-17-6-2-1-3-7-17)20-11-10-18-8-4-5-9-19(18)15-20/h1-13,15-16,22H,14H2,(H,30,31). The molecular formula is C25H19F3N2O3S. The summed E-state index contributed by atoms with van der Waals surface area (Å²) in [7, 11) is -4.49. The fourth-order valence-electron chi connectivity index (χ4n) is 3.60. The summed E-state index contributed by atoms with van der Waals surface area (Å²) in [6.07, 6.45) is -4.01. The first-order chi connectivity index (χ1) is 16.1. The van der Waals surface area contributed by atoms with Gasteiger partial charge in [0.05, 0.1) is 11.5 Å². The van der Waals surface area contributed by atoms with Crippen molar-refractivity contribution in [1.29, 1.82) is 0 Å². The first-order valence-electron chi connectivity index (χ1n) is 10.3. The molecule has 3 aromatic carbocycles. The molecule has 0 aliphatic heterocycles. The van der Waals surface area contributed by atoms with Gasteiger partial charge in [-0.2, -0.15) is 21.6 Å². The highest BCUT2D eigenvalue weighted by Gasteiger charge is 2.32. The number of carbonyl (C=O) groups excluding carboxylic acids is 1. The number of hydrogen-bond acceptors (Lipinski definition) is 4. The highest BCUT2D eigenvalue weighted by atomic mass is 32.2. The van der Waals surface area contributed by atoms with E-state index in [-0.39, 0.29) is 6.42 Å². The normalized spacial score (nSPS) is 12.9. The molecule has 1 N–H and O–H groups in total. The lowest BCUT2D eigenvalue weighted by atomic mass is 9.90. The molecule has 0 fully saturated rings. The van der Waals surface area contributed by atoms with Crippen molar-refractivity contribution < 1.29 is 26.4 Å². The number of benzene rings is 3. The number of nitrogens with zero attached hydrogens (tertiary/aromatic N) is 1. The van der Waals surface area contributed by atoms with Gasteiger partial charge in [0, 0.05) is 6.20 Å². The Labute approximate surface area is 194 Å². The number of nitrogens with one attached hydrogen (secondary N) is 1. The lowest BCUT2D eigenvalue weighted by Crippen LogP contribution is -2.36. The minimum absolute atomic E-state index is 0.223. The van der Waals surface area contributed by atoms with E-state index < -0.39 is 38.6 Å². The number of halogens is 3. The van der Waals surface area contributed by atoms with E-state index in [2.05, 4.69) is 4.98 Å². The van der Waals surface area contributed by atoms with Crippen LogP contribution in [0.4, 0.5) is 13.2 Å². The van der Waals surface area contributed by atoms with Crippen LogP contribution in [0.25, 0.3) is 10.8 Å². The average Bonchev–Trinajstić information content (AvgIpc) is 2.82. The number of alkyl halides is 3. The second-order valence-corrected chi connectivity index (χ2v) is 9.33. The van der Waals surface area contributed by atoms with E-state index >= 15 is 0 Å². The Kier molecular flexibility index (Phi) is 6.39. The Morgan fingerprint density at radius 2 is 1.56 bits per heavy atom. The Morgan fingerprint density at radius 3 is 2.21 bits per heavy atom. The monoisotopic (exact) mass is 484 g/mol. The molecule has 9 heteroatoms. The maximum absolute atomic E-state index is 13.2. The molecule has 0 radical (unpaired) electrons. The number of aromatic nitrogens is 1. The van der Waals surface area contributed by atoms with Crippen LogP contribution < -0.4 is 4.72 Å². The molecule has 0 saturated heterocycles. The summed E-state index contributed by atoms with van der Waals surface area (Å²) >= 11 is 0. The minimum Gasteiger partial charge on any atom is -0.273 e. The van der Waals surface area contributed by atoms with Crippen molar-refractivity contribution in [2.75, 3.05) is 0 Å². The van der Waals surface area contributed by atoms with Gasteiger partial charge in [-0.3, -0.25) is 4.79 Å².